The molecule has 0 unspecified atom stereocenters. The van der Waals surface area contributed by atoms with Crippen LogP contribution in [0.25, 0.3) is 0 Å². The molecule has 0 radical (unpaired) electrons. The summed E-state index contributed by atoms with van der Waals surface area (Å²) in [5.74, 6) is 0. The normalized spacial score (nSPS) is 12.9. The van der Waals surface area contributed by atoms with Gasteiger partial charge in [0.05, 0.1) is 11.0 Å². The highest BCUT2D eigenvalue weighted by Gasteiger charge is 2.14. The lowest BCUT2D eigenvalue weighted by atomic mass is 10.1. The Bertz CT molecular complexity index is 709. The summed E-state index contributed by atoms with van der Waals surface area (Å²) >= 11 is 0. The van der Waals surface area contributed by atoms with E-state index in [0.29, 0.717) is 11.3 Å². The van der Waals surface area contributed by atoms with Crippen LogP contribution in [0, 0.1) is 6.92 Å². The van der Waals surface area contributed by atoms with E-state index in [4.69, 9.17) is 0 Å². The minimum Gasteiger partial charge on any atom is -0.389 e. The van der Waals surface area contributed by atoms with Gasteiger partial charge in [-0.2, -0.15) is 0 Å². The summed E-state index contributed by atoms with van der Waals surface area (Å²) in [5.41, 5.74) is 1.98. The summed E-state index contributed by atoms with van der Waals surface area (Å²) in [6.07, 6.45) is -0.640. The highest BCUT2D eigenvalue weighted by molar-refractivity contribution is 7.92. The molecule has 0 aliphatic heterocycles. The van der Waals surface area contributed by atoms with Crippen molar-refractivity contribution in [2.24, 2.45) is 0 Å². The molecular formula is C15H17NO3S. The number of aliphatic hydroxyl groups is 1. The molecule has 0 bridgehead atoms. The molecule has 0 saturated carbocycles. The van der Waals surface area contributed by atoms with Crippen LogP contribution in [0.3, 0.4) is 0 Å². The topological polar surface area (TPSA) is 66.4 Å². The third-order valence-electron chi connectivity index (χ3n) is 2.92. The van der Waals surface area contributed by atoms with Crippen molar-refractivity contribution in [3.05, 3.63) is 59.7 Å². The van der Waals surface area contributed by atoms with Gasteiger partial charge in [0.1, 0.15) is 0 Å². The van der Waals surface area contributed by atoms with Crippen LogP contribution >= 0.6 is 0 Å². The van der Waals surface area contributed by atoms with Gasteiger partial charge in [0, 0.05) is 5.69 Å². The van der Waals surface area contributed by atoms with Gasteiger partial charge in [-0.25, -0.2) is 8.42 Å². The molecule has 4 nitrogen and oxygen atoms in total. The molecular weight excluding hydrogens is 274 g/mol. The molecule has 2 aromatic rings. The first kappa shape index (κ1) is 14.6. The Balaban J connectivity index is 2.31. The zero-order valence-electron chi connectivity index (χ0n) is 11.4. The first-order valence-corrected chi connectivity index (χ1v) is 7.74. The predicted octanol–water partition coefficient (Wildman–Crippen LogP) is 2.85. The van der Waals surface area contributed by atoms with E-state index in [1.54, 1.807) is 49.4 Å². The van der Waals surface area contributed by atoms with Gasteiger partial charge in [0.15, 0.2) is 0 Å². The summed E-state index contributed by atoms with van der Waals surface area (Å²) in [6, 6.07) is 13.4. The molecule has 0 spiro atoms. The number of hydrogen-bond donors (Lipinski definition) is 2. The Hall–Kier alpha value is -1.85. The zero-order valence-corrected chi connectivity index (χ0v) is 12.2. The third kappa shape index (κ3) is 3.37. The number of hydrogen-bond acceptors (Lipinski definition) is 3. The Morgan fingerprint density at radius 3 is 2.45 bits per heavy atom. The molecule has 5 heteroatoms. The summed E-state index contributed by atoms with van der Waals surface area (Å²) in [6.45, 7) is 3.47. The van der Waals surface area contributed by atoms with Gasteiger partial charge in [0.2, 0.25) is 0 Å². The molecule has 1 atom stereocenters. The average molecular weight is 291 g/mol. The van der Waals surface area contributed by atoms with Gasteiger partial charge in [-0.1, -0.05) is 24.3 Å². The first-order valence-electron chi connectivity index (χ1n) is 6.26. The van der Waals surface area contributed by atoms with Crippen molar-refractivity contribution < 1.29 is 13.5 Å². The summed E-state index contributed by atoms with van der Waals surface area (Å²) < 4.78 is 27.0. The molecule has 2 N–H and O–H groups in total. The van der Waals surface area contributed by atoms with Gasteiger partial charge in [-0.15, -0.1) is 0 Å². The van der Waals surface area contributed by atoms with Crippen LogP contribution in [0.15, 0.2) is 53.4 Å². The molecule has 0 saturated heterocycles. The van der Waals surface area contributed by atoms with Crippen molar-refractivity contribution in [3.63, 3.8) is 0 Å². The van der Waals surface area contributed by atoms with E-state index in [0.717, 1.165) is 5.56 Å². The van der Waals surface area contributed by atoms with Crippen LogP contribution in [-0.4, -0.2) is 13.5 Å². The van der Waals surface area contributed by atoms with E-state index in [-0.39, 0.29) is 4.90 Å². The molecule has 0 aliphatic rings. The lowest BCUT2D eigenvalue weighted by Crippen LogP contribution is -2.13. The highest BCUT2D eigenvalue weighted by atomic mass is 32.2. The van der Waals surface area contributed by atoms with Gasteiger partial charge in [0.25, 0.3) is 10.0 Å². The maximum atomic E-state index is 12.3. The van der Waals surface area contributed by atoms with Crippen LogP contribution in [-0.2, 0) is 10.0 Å². The minimum atomic E-state index is -3.61. The standard InChI is InChI=1S/C15H17NO3S/c1-11-5-3-8-15(9-11)20(18,19)16-14-7-4-6-13(10-14)12(2)17/h3-10,12,16-17H,1-2H3/t12-/m0/s1. The van der Waals surface area contributed by atoms with E-state index in [1.807, 2.05) is 13.0 Å². The molecule has 0 aliphatic carbocycles. The van der Waals surface area contributed by atoms with E-state index in [2.05, 4.69) is 4.72 Å². The monoisotopic (exact) mass is 291 g/mol. The Labute approximate surface area is 119 Å². The number of aliphatic hydroxyl groups excluding tert-OH is 1. The number of rotatable bonds is 4. The number of sulfonamides is 1. The maximum Gasteiger partial charge on any atom is 0.261 e. The minimum absolute atomic E-state index is 0.222. The van der Waals surface area contributed by atoms with E-state index in [9.17, 15) is 13.5 Å². The SMILES string of the molecule is Cc1cccc(S(=O)(=O)Nc2cccc([C@H](C)O)c2)c1. The fraction of sp³-hybridized carbons (Fsp3) is 0.200. The molecule has 106 valence electrons. The summed E-state index contributed by atoms with van der Waals surface area (Å²) in [4.78, 5) is 0.222. The average Bonchev–Trinajstić information content (AvgIpc) is 2.38. The molecule has 20 heavy (non-hydrogen) atoms. The van der Waals surface area contributed by atoms with Crippen molar-refractivity contribution in [2.45, 2.75) is 24.8 Å². The number of benzene rings is 2. The van der Waals surface area contributed by atoms with E-state index < -0.39 is 16.1 Å². The van der Waals surface area contributed by atoms with Crippen LogP contribution in [0.2, 0.25) is 0 Å². The van der Waals surface area contributed by atoms with Crippen LogP contribution in [0.1, 0.15) is 24.2 Å². The van der Waals surface area contributed by atoms with Crippen molar-refractivity contribution in [3.8, 4) is 0 Å². The van der Waals surface area contributed by atoms with Crippen molar-refractivity contribution in [1.29, 1.82) is 0 Å². The number of anilines is 1. The first-order chi connectivity index (χ1) is 9.38. The highest BCUT2D eigenvalue weighted by Crippen LogP contribution is 2.20. The lowest BCUT2D eigenvalue weighted by Gasteiger charge is -2.11. The number of nitrogens with one attached hydrogen (secondary N) is 1. The smallest absolute Gasteiger partial charge is 0.261 e. The van der Waals surface area contributed by atoms with Gasteiger partial charge in [-0.3, -0.25) is 4.72 Å². The van der Waals surface area contributed by atoms with Crippen molar-refractivity contribution in [2.75, 3.05) is 4.72 Å². The Kier molecular flexibility index (Phi) is 4.11. The molecule has 0 amide bonds. The van der Waals surface area contributed by atoms with Gasteiger partial charge < -0.3 is 5.11 Å². The fourth-order valence-corrected chi connectivity index (χ4v) is 3.01. The predicted molar refractivity (Wildman–Crippen MR) is 79.1 cm³/mol. The maximum absolute atomic E-state index is 12.3. The second kappa shape index (κ2) is 5.64. The third-order valence-corrected chi connectivity index (χ3v) is 4.30. The summed E-state index contributed by atoms with van der Waals surface area (Å²) in [7, 11) is -3.61. The molecule has 2 rings (SSSR count). The Morgan fingerprint density at radius 2 is 1.80 bits per heavy atom. The van der Waals surface area contributed by atoms with Crippen LogP contribution in [0.5, 0.6) is 0 Å². The van der Waals surface area contributed by atoms with Gasteiger partial charge in [-0.05, 0) is 49.2 Å². The van der Waals surface area contributed by atoms with E-state index in [1.165, 1.54) is 0 Å². The van der Waals surface area contributed by atoms with Crippen LogP contribution < -0.4 is 4.72 Å². The van der Waals surface area contributed by atoms with E-state index >= 15 is 0 Å². The van der Waals surface area contributed by atoms with Crippen LogP contribution in [0.4, 0.5) is 5.69 Å². The second-order valence-electron chi connectivity index (χ2n) is 4.72. The molecule has 0 fully saturated rings. The second-order valence-corrected chi connectivity index (χ2v) is 6.41. The van der Waals surface area contributed by atoms with Gasteiger partial charge >= 0.3 is 0 Å². The van der Waals surface area contributed by atoms with Crippen molar-refractivity contribution in [1.82, 2.24) is 0 Å². The molecule has 0 aromatic heterocycles. The van der Waals surface area contributed by atoms with Crippen molar-refractivity contribution >= 4 is 15.7 Å². The largest absolute Gasteiger partial charge is 0.389 e. The Morgan fingerprint density at radius 1 is 1.10 bits per heavy atom. The molecule has 0 heterocycles. The number of aryl methyl sites for hydroxylation is 1. The zero-order chi connectivity index (χ0) is 14.8. The lowest BCUT2D eigenvalue weighted by molar-refractivity contribution is 0.199. The molecule has 2 aromatic carbocycles. The fourth-order valence-electron chi connectivity index (χ4n) is 1.86. The quantitative estimate of drug-likeness (QED) is 0.910. The summed E-state index contributed by atoms with van der Waals surface area (Å²) in [5, 5.41) is 9.52.